The molecule has 0 unspecified atom stereocenters. The Bertz CT molecular complexity index is 499. The number of nitrogens with zero attached hydrogens (tertiary/aromatic N) is 3. The topological polar surface area (TPSA) is 46.5 Å². The number of imidazole rings is 1. The predicted molar refractivity (Wildman–Crippen MR) is 68.9 cm³/mol. The van der Waals surface area contributed by atoms with Crippen LogP contribution in [0.1, 0.15) is 46.1 Å². The Kier molecular flexibility index (Phi) is 2.81. The summed E-state index contributed by atoms with van der Waals surface area (Å²) in [6.07, 6.45) is 5.67. The largest absolute Gasteiger partial charge is 0.324 e. The van der Waals surface area contributed by atoms with Crippen molar-refractivity contribution < 1.29 is 0 Å². The summed E-state index contributed by atoms with van der Waals surface area (Å²) in [6.45, 7) is 10.9. The molecule has 2 aromatic heterocycles. The molecule has 0 aromatic carbocycles. The van der Waals surface area contributed by atoms with Crippen LogP contribution in [0.3, 0.4) is 0 Å². The fourth-order valence-electron chi connectivity index (χ4n) is 1.95. The van der Waals surface area contributed by atoms with E-state index in [4.69, 9.17) is 0 Å². The van der Waals surface area contributed by atoms with E-state index in [1.54, 1.807) is 0 Å². The lowest BCUT2D eigenvalue weighted by atomic mass is 10.0. The number of aromatic nitrogens is 4. The lowest BCUT2D eigenvalue weighted by molar-refractivity contribution is 0.400. The molecule has 4 heteroatoms. The Balaban J connectivity index is 2.54. The fraction of sp³-hybridized carbons (Fsp3) is 0.538. The number of H-pyrrole nitrogens is 1. The molecule has 2 rings (SSSR count). The molecule has 2 aromatic rings. The molecular formula is C13H20N4. The average molecular weight is 232 g/mol. The lowest BCUT2D eigenvalue weighted by Gasteiger charge is -2.23. The van der Waals surface area contributed by atoms with Crippen LogP contribution in [0.4, 0.5) is 0 Å². The summed E-state index contributed by atoms with van der Waals surface area (Å²) in [7, 11) is 0. The predicted octanol–water partition coefficient (Wildman–Crippen LogP) is 3.15. The molecule has 2 heterocycles. The fourth-order valence-corrected chi connectivity index (χ4v) is 1.95. The molecule has 0 aliphatic carbocycles. The van der Waals surface area contributed by atoms with Crippen LogP contribution >= 0.6 is 0 Å². The average Bonchev–Trinajstić information content (AvgIpc) is 2.84. The molecular weight excluding hydrogens is 212 g/mol. The highest BCUT2D eigenvalue weighted by atomic mass is 15.2. The highest BCUT2D eigenvalue weighted by molar-refractivity contribution is 5.59. The molecule has 0 fully saturated rings. The second-order valence-corrected chi connectivity index (χ2v) is 5.67. The Morgan fingerprint density at radius 1 is 1.24 bits per heavy atom. The zero-order chi connectivity index (χ0) is 12.6. The van der Waals surface area contributed by atoms with E-state index in [0.717, 1.165) is 11.4 Å². The van der Waals surface area contributed by atoms with Gasteiger partial charge < -0.3 is 4.57 Å². The number of nitrogens with one attached hydrogen (secondary N) is 1. The van der Waals surface area contributed by atoms with Gasteiger partial charge in [-0.2, -0.15) is 5.10 Å². The summed E-state index contributed by atoms with van der Waals surface area (Å²) in [5.74, 6) is 0.451. The van der Waals surface area contributed by atoms with Crippen molar-refractivity contribution in [2.24, 2.45) is 0 Å². The lowest BCUT2D eigenvalue weighted by Crippen LogP contribution is -2.21. The normalized spacial score (nSPS) is 12.4. The Hall–Kier alpha value is -1.58. The van der Waals surface area contributed by atoms with Gasteiger partial charge in [0.2, 0.25) is 0 Å². The molecule has 0 saturated heterocycles. The van der Waals surface area contributed by atoms with Gasteiger partial charge in [0.15, 0.2) is 0 Å². The van der Waals surface area contributed by atoms with E-state index >= 15 is 0 Å². The molecule has 92 valence electrons. The van der Waals surface area contributed by atoms with Gasteiger partial charge in [0.25, 0.3) is 0 Å². The minimum Gasteiger partial charge on any atom is -0.324 e. The van der Waals surface area contributed by atoms with Crippen molar-refractivity contribution in [3.8, 4) is 11.4 Å². The molecule has 0 saturated carbocycles. The van der Waals surface area contributed by atoms with E-state index in [-0.39, 0.29) is 5.54 Å². The van der Waals surface area contributed by atoms with Crippen molar-refractivity contribution >= 4 is 0 Å². The van der Waals surface area contributed by atoms with Gasteiger partial charge in [0.05, 0.1) is 30.1 Å². The van der Waals surface area contributed by atoms with E-state index in [9.17, 15) is 0 Å². The quantitative estimate of drug-likeness (QED) is 0.864. The van der Waals surface area contributed by atoms with Crippen molar-refractivity contribution in [2.75, 3.05) is 0 Å². The minimum absolute atomic E-state index is 0.0190. The van der Waals surface area contributed by atoms with Crippen LogP contribution < -0.4 is 0 Å². The van der Waals surface area contributed by atoms with Gasteiger partial charge >= 0.3 is 0 Å². The summed E-state index contributed by atoms with van der Waals surface area (Å²) >= 11 is 0. The van der Waals surface area contributed by atoms with Crippen molar-refractivity contribution in [2.45, 2.75) is 46.1 Å². The smallest absolute Gasteiger partial charge is 0.0956 e. The number of hydrogen-bond donors (Lipinski definition) is 1. The first-order chi connectivity index (χ1) is 7.91. The van der Waals surface area contributed by atoms with Gasteiger partial charge in [-0.15, -0.1) is 0 Å². The third kappa shape index (κ3) is 2.12. The van der Waals surface area contributed by atoms with Gasteiger partial charge in [-0.1, -0.05) is 13.8 Å². The second-order valence-electron chi connectivity index (χ2n) is 5.67. The van der Waals surface area contributed by atoms with E-state index in [1.807, 2.05) is 18.7 Å². The van der Waals surface area contributed by atoms with Gasteiger partial charge in [0, 0.05) is 11.1 Å². The maximum Gasteiger partial charge on any atom is 0.0956 e. The number of hydrogen-bond acceptors (Lipinski definition) is 2. The maximum absolute atomic E-state index is 4.26. The van der Waals surface area contributed by atoms with Crippen LogP contribution in [0.5, 0.6) is 0 Å². The van der Waals surface area contributed by atoms with Crippen LogP contribution in [0.15, 0.2) is 18.7 Å². The van der Waals surface area contributed by atoms with Gasteiger partial charge in [-0.05, 0) is 26.7 Å². The van der Waals surface area contributed by atoms with Crippen LogP contribution in [-0.4, -0.2) is 19.7 Å². The summed E-state index contributed by atoms with van der Waals surface area (Å²) in [5.41, 5.74) is 3.42. The summed E-state index contributed by atoms with van der Waals surface area (Å²) in [6, 6.07) is 0. The van der Waals surface area contributed by atoms with Crippen molar-refractivity contribution in [3.63, 3.8) is 0 Å². The van der Waals surface area contributed by atoms with Gasteiger partial charge in [-0.3, -0.25) is 5.10 Å². The zero-order valence-electron chi connectivity index (χ0n) is 11.2. The molecule has 17 heavy (non-hydrogen) atoms. The van der Waals surface area contributed by atoms with Crippen LogP contribution in [0.2, 0.25) is 0 Å². The third-order valence-corrected chi connectivity index (χ3v) is 2.91. The SMILES string of the molecule is CC(C)c1cn[nH]c1-c1cncn1C(C)(C)C. The molecule has 4 nitrogen and oxygen atoms in total. The molecule has 0 amide bonds. The van der Waals surface area contributed by atoms with Gasteiger partial charge in [0.1, 0.15) is 0 Å². The van der Waals surface area contributed by atoms with Crippen molar-refractivity contribution in [1.29, 1.82) is 0 Å². The first-order valence-corrected chi connectivity index (χ1v) is 5.97. The monoisotopic (exact) mass is 232 g/mol. The van der Waals surface area contributed by atoms with E-state index < -0.39 is 0 Å². The number of aromatic amines is 1. The molecule has 0 aliphatic heterocycles. The molecule has 0 bridgehead atoms. The number of rotatable bonds is 2. The van der Waals surface area contributed by atoms with Crippen molar-refractivity contribution in [1.82, 2.24) is 19.7 Å². The Morgan fingerprint density at radius 2 is 1.94 bits per heavy atom. The van der Waals surface area contributed by atoms with E-state index in [0.29, 0.717) is 5.92 Å². The zero-order valence-corrected chi connectivity index (χ0v) is 11.2. The summed E-state index contributed by atoms with van der Waals surface area (Å²) < 4.78 is 2.17. The third-order valence-electron chi connectivity index (χ3n) is 2.91. The molecule has 0 spiro atoms. The van der Waals surface area contributed by atoms with E-state index in [2.05, 4.69) is 54.4 Å². The molecule has 0 atom stereocenters. The molecule has 1 N–H and O–H groups in total. The van der Waals surface area contributed by atoms with Crippen LogP contribution in [-0.2, 0) is 5.54 Å². The standard InChI is InChI=1S/C13H20N4/c1-9(2)10-6-15-16-12(10)11-7-14-8-17(11)13(3,4)5/h6-9H,1-5H3,(H,15,16). The van der Waals surface area contributed by atoms with Gasteiger partial charge in [-0.25, -0.2) is 4.98 Å². The first-order valence-electron chi connectivity index (χ1n) is 5.97. The molecule has 0 aliphatic rings. The Morgan fingerprint density at radius 3 is 2.53 bits per heavy atom. The van der Waals surface area contributed by atoms with E-state index in [1.165, 1.54) is 5.56 Å². The Labute approximate surface area is 102 Å². The molecule has 0 radical (unpaired) electrons. The minimum atomic E-state index is 0.0190. The summed E-state index contributed by atoms with van der Waals surface area (Å²) in [4.78, 5) is 4.26. The van der Waals surface area contributed by atoms with Crippen LogP contribution in [0.25, 0.3) is 11.4 Å². The second kappa shape index (κ2) is 4.02. The highest BCUT2D eigenvalue weighted by Crippen LogP contribution is 2.29. The maximum atomic E-state index is 4.26. The van der Waals surface area contributed by atoms with Crippen LogP contribution in [0, 0.1) is 0 Å². The first kappa shape index (κ1) is 11.9. The summed E-state index contributed by atoms with van der Waals surface area (Å²) in [5, 5.41) is 7.25. The van der Waals surface area contributed by atoms with Crippen molar-refractivity contribution in [3.05, 3.63) is 24.3 Å². The highest BCUT2D eigenvalue weighted by Gasteiger charge is 2.20.